The van der Waals surface area contributed by atoms with Crippen LogP contribution in [0.5, 0.6) is 5.75 Å². The number of halogens is 4. The normalized spacial score (nSPS) is 12.1. The molecule has 0 aliphatic heterocycles. The van der Waals surface area contributed by atoms with E-state index in [1.165, 1.54) is 0 Å². The van der Waals surface area contributed by atoms with Gasteiger partial charge in [-0.3, -0.25) is 4.79 Å². The van der Waals surface area contributed by atoms with E-state index in [1.807, 2.05) is 5.32 Å². The molecule has 5 nitrogen and oxygen atoms in total. The highest BCUT2D eigenvalue weighted by atomic mass is 35.7. The number of carbonyl (C=O) groups is 1. The minimum absolute atomic E-state index is 0.0415. The fourth-order valence-corrected chi connectivity index (χ4v) is 2.33. The Hall–Kier alpha value is -1.48. The standard InChI is InChI=1S/C10H9ClF3NO4S/c1-19-7-4-6(2-3-8(7)20(11,17)18)15-9(16)5-10(12,13)14/h2-4H,5H2,1H3,(H,15,16). The zero-order valence-corrected chi connectivity index (χ0v) is 11.6. The molecule has 20 heavy (non-hydrogen) atoms. The van der Waals surface area contributed by atoms with Crippen LogP contribution in [0.3, 0.4) is 0 Å². The second-order valence-electron chi connectivity index (χ2n) is 3.64. The summed E-state index contributed by atoms with van der Waals surface area (Å²) in [5.41, 5.74) is -0.0415. The Morgan fingerprint density at radius 3 is 2.45 bits per heavy atom. The van der Waals surface area contributed by atoms with Gasteiger partial charge in [0.2, 0.25) is 5.91 Å². The van der Waals surface area contributed by atoms with Crippen LogP contribution in [0.15, 0.2) is 23.1 Å². The van der Waals surface area contributed by atoms with E-state index in [0.29, 0.717) is 0 Å². The summed E-state index contributed by atoms with van der Waals surface area (Å²) in [4.78, 5) is 10.7. The van der Waals surface area contributed by atoms with Gasteiger partial charge >= 0.3 is 6.18 Å². The first-order valence-corrected chi connectivity index (χ1v) is 7.33. The fraction of sp³-hybridized carbons (Fsp3) is 0.300. The third kappa shape index (κ3) is 4.89. The number of ether oxygens (including phenoxy) is 1. The quantitative estimate of drug-likeness (QED) is 0.860. The number of anilines is 1. The molecular weight excluding hydrogens is 323 g/mol. The van der Waals surface area contributed by atoms with E-state index in [1.54, 1.807) is 0 Å². The minimum Gasteiger partial charge on any atom is -0.495 e. The molecule has 1 aromatic rings. The van der Waals surface area contributed by atoms with Gasteiger partial charge < -0.3 is 10.1 Å². The maximum absolute atomic E-state index is 12.0. The average Bonchev–Trinajstić information content (AvgIpc) is 2.24. The van der Waals surface area contributed by atoms with Crippen molar-refractivity contribution >= 4 is 31.3 Å². The van der Waals surface area contributed by atoms with E-state index in [2.05, 4.69) is 0 Å². The van der Waals surface area contributed by atoms with Crippen LogP contribution in [0.4, 0.5) is 18.9 Å². The van der Waals surface area contributed by atoms with Crippen LogP contribution in [0.25, 0.3) is 0 Å². The van der Waals surface area contributed by atoms with Crippen molar-refractivity contribution in [3.63, 3.8) is 0 Å². The van der Waals surface area contributed by atoms with E-state index in [4.69, 9.17) is 15.4 Å². The first-order valence-electron chi connectivity index (χ1n) is 5.02. The highest BCUT2D eigenvalue weighted by Crippen LogP contribution is 2.30. The highest BCUT2D eigenvalue weighted by Gasteiger charge is 2.31. The molecule has 0 aliphatic carbocycles. The maximum Gasteiger partial charge on any atom is 0.397 e. The number of rotatable bonds is 4. The summed E-state index contributed by atoms with van der Waals surface area (Å²) in [7, 11) is 2.23. The third-order valence-electron chi connectivity index (χ3n) is 2.07. The van der Waals surface area contributed by atoms with Gasteiger partial charge in [-0.2, -0.15) is 13.2 Å². The van der Waals surface area contributed by atoms with E-state index in [9.17, 15) is 26.4 Å². The summed E-state index contributed by atoms with van der Waals surface area (Å²) < 4.78 is 63.1. The molecule has 0 aliphatic rings. The number of hydrogen-bond acceptors (Lipinski definition) is 4. The lowest BCUT2D eigenvalue weighted by molar-refractivity contribution is -0.150. The molecule has 0 radical (unpaired) electrons. The van der Waals surface area contributed by atoms with Crippen molar-refractivity contribution in [3.8, 4) is 5.75 Å². The molecule has 112 valence electrons. The predicted octanol–water partition coefficient (Wildman–Crippen LogP) is 2.51. The average molecular weight is 332 g/mol. The van der Waals surface area contributed by atoms with Crippen LogP contribution >= 0.6 is 10.7 Å². The van der Waals surface area contributed by atoms with E-state index < -0.39 is 27.6 Å². The maximum atomic E-state index is 12.0. The summed E-state index contributed by atoms with van der Waals surface area (Å²) in [6, 6.07) is 3.18. The van der Waals surface area contributed by atoms with Crippen molar-refractivity contribution in [3.05, 3.63) is 18.2 Å². The molecule has 1 rings (SSSR count). The zero-order chi connectivity index (χ0) is 15.6. The second-order valence-corrected chi connectivity index (χ2v) is 6.18. The van der Waals surface area contributed by atoms with Crippen molar-refractivity contribution in [2.45, 2.75) is 17.5 Å². The highest BCUT2D eigenvalue weighted by molar-refractivity contribution is 8.13. The molecular formula is C10H9ClF3NO4S. The van der Waals surface area contributed by atoms with Crippen molar-refractivity contribution in [1.29, 1.82) is 0 Å². The lowest BCUT2D eigenvalue weighted by Crippen LogP contribution is -2.21. The Balaban J connectivity index is 2.98. The molecule has 1 aromatic carbocycles. The molecule has 0 heterocycles. The zero-order valence-electron chi connectivity index (χ0n) is 9.99. The number of hydrogen-bond donors (Lipinski definition) is 1. The van der Waals surface area contributed by atoms with Crippen LogP contribution in [-0.4, -0.2) is 27.6 Å². The van der Waals surface area contributed by atoms with Crippen molar-refractivity contribution in [2.75, 3.05) is 12.4 Å². The first-order chi connectivity index (χ1) is 9.03. The topological polar surface area (TPSA) is 72.5 Å². The van der Waals surface area contributed by atoms with Crippen molar-refractivity contribution in [2.24, 2.45) is 0 Å². The predicted molar refractivity (Wildman–Crippen MR) is 65.3 cm³/mol. The molecule has 1 N–H and O–H groups in total. The van der Waals surface area contributed by atoms with Gasteiger partial charge in [-0.05, 0) is 12.1 Å². The monoisotopic (exact) mass is 331 g/mol. The van der Waals surface area contributed by atoms with Gasteiger partial charge in [0.1, 0.15) is 17.1 Å². The van der Waals surface area contributed by atoms with Gasteiger partial charge in [-0.15, -0.1) is 0 Å². The van der Waals surface area contributed by atoms with Crippen LogP contribution in [-0.2, 0) is 13.8 Å². The van der Waals surface area contributed by atoms with Crippen molar-refractivity contribution < 1.29 is 31.1 Å². The van der Waals surface area contributed by atoms with Gasteiger partial charge in [0, 0.05) is 22.4 Å². The molecule has 1 amide bonds. The Morgan fingerprint density at radius 2 is 2.00 bits per heavy atom. The Kier molecular flexibility index (Phi) is 4.87. The number of carbonyl (C=O) groups excluding carboxylic acids is 1. The van der Waals surface area contributed by atoms with Crippen LogP contribution in [0.2, 0.25) is 0 Å². The molecule has 0 saturated heterocycles. The minimum atomic E-state index is -4.63. The number of nitrogens with one attached hydrogen (secondary N) is 1. The van der Waals surface area contributed by atoms with Crippen molar-refractivity contribution in [1.82, 2.24) is 0 Å². The molecule has 0 spiro atoms. The third-order valence-corrected chi connectivity index (χ3v) is 3.43. The number of alkyl halides is 3. The Labute approximate surface area is 117 Å². The molecule has 10 heteroatoms. The van der Waals surface area contributed by atoms with Gasteiger partial charge in [-0.25, -0.2) is 8.42 Å². The number of methoxy groups -OCH3 is 1. The summed E-state index contributed by atoms with van der Waals surface area (Å²) in [5, 5.41) is 1.97. The lowest BCUT2D eigenvalue weighted by Gasteiger charge is -2.10. The smallest absolute Gasteiger partial charge is 0.397 e. The summed E-state index contributed by atoms with van der Waals surface area (Å²) >= 11 is 0. The molecule has 0 atom stereocenters. The van der Waals surface area contributed by atoms with Crippen LogP contribution in [0.1, 0.15) is 6.42 Å². The Morgan fingerprint density at radius 1 is 1.40 bits per heavy atom. The van der Waals surface area contributed by atoms with Gasteiger partial charge in [-0.1, -0.05) is 0 Å². The van der Waals surface area contributed by atoms with Gasteiger partial charge in [0.05, 0.1) is 7.11 Å². The van der Waals surface area contributed by atoms with E-state index in [0.717, 1.165) is 25.3 Å². The van der Waals surface area contributed by atoms with Gasteiger partial charge in [0.15, 0.2) is 0 Å². The van der Waals surface area contributed by atoms with E-state index >= 15 is 0 Å². The summed E-state index contributed by atoms with van der Waals surface area (Å²) in [5.74, 6) is -1.47. The summed E-state index contributed by atoms with van der Waals surface area (Å²) in [6.07, 6.45) is -6.28. The summed E-state index contributed by atoms with van der Waals surface area (Å²) in [6.45, 7) is 0. The molecule has 0 fully saturated rings. The molecule has 0 bridgehead atoms. The largest absolute Gasteiger partial charge is 0.495 e. The second kappa shape index (κ2) is 5.88. The fourth-order valence-electron chi connectivity index (χ4n) is 1.33. The van der Waals surface area contributed by atoms with Gasteiger partial charge in [0.25, 0.3) is 9.05 Å². The Bertz CT molecular complexity index is 615. The SMILES string of the molecule is COc1cc(NC(=O)CC(F)(F)F)ccc1S(=O)(=O)Cl. The van der Waals surface area contributed by atoms with E-state index in [-0.39, 0.29) is 16.3 Å². The molecule has 0 unspecified atom stereocenters. The number of benzene rings is 1. The molecule has 0 saturated carbocycles. The lowest BCUT2D eigenvalue weighted by atomic mass is 10.3. The first kappa shape index (κ1) is 16.6. The molecule has 0 aromatic heterocycles. The van der Waals surface area contributed by atoms with Crippen LogP contribution in [0, 0.1) is 0 Å². The van der Waals surface area contributed by atoms with Crippen LogP contribution < -0.4 is 10.1 Å². The number of amides is 1.